The molecule has 0 aromatic carbocycles. The van der Waals surface area contributed by atoms with E-state index in [1.54, 1.807) is 0 Å². The van der Waals surface area contributed by atoms with Crippen LogP contribution in [0.3, 0.4) is 0 Å². The molecule has 0 unspecified atom stereocenters. The Kier molecular flexibility index (Phi) is 3.16. The third-order valence-electron chi connectivity index (χ3n) is 0.258. The van der Waals surface area contributed by atoms with Gasteiger partial charge in [0.05, 0.1) is 6.20 Å². The van der Waals surface area contributed by atoms with Crippen LogP contribution in [0.15, 0.2) is 18.5 Å². The van der Waals surface area contributed by atoms with Gasteiger partial charge in [0.1, 0.15) is 0 Å². The van der Waals surface area contributed by atoms with E-state index in [1.165, 1.54) is 6.20 Å². The molecule has 1 N–H and O–H groups in total. The van der Waals surface area contributed by atoms with Crippen molar-refractivity contribution in [1.29, 1.82) is 0 Å². The summed E-state index contributed by atoms with van der Waals surface area (Å²) in [5.41, 5.74) is 2.44. The molecule has 30 valence electrons. The Hall–Kier alpha value is -1.12. The van der Waals surface area contributed by atoms with Crippen LogP contribution in [-0.4, -0.2) is 0 Å². The molecule has 0 aromatic rings. The molecule has 0 bridgehead atoms. The standard InChI is InChI=1S/C5H5N/c1-3-5-6-4-2/h2,5-6H,1H2. The van der Waals surface area contributed by atoms with Crippen molar-refractivity contribution in [3.8, 4) is 12.5 Å². The van der Waals surface area contributed by atoms with Crippen molar-refractivity contribution in [2.75, 3.05) is 0 Å². The molecule has 0 fully saturated rings. The fourth-order valence-corrected chi connectivity index (χ4v) is 0.0927. The molecule has 0 radical (unpaired) electrons. The summed E-state index contributed by atoms with van der Waals surface area (Å²) in [6.07, 6.45) is 6.21. The van der Waals surface area contributed by atoms with Crippen molar-refractivity contribution in [2.45, 2.75) is 0 Å². The molecular weight excluding hydrogens is 74.1 g/mol. The lowest BCUT2D eigenvalue weighted by Gasteiger charge is -1.71. The van der Waals surface area contributed by atoms with Gasteiger partial charge >= 0.3 is 0 Å². The smallest absolute Gasteiger partial charge is 0.0509 e. The van der Waals surface area contributed by atoms with Gasteiger partial charge in [-0.1, -0.05) is 13.0 Å². The molecular formula is C5H5N. The molecule has 1 heteroatoms. The van der Waals surface area contributed by atoms with Gasteiger partial charge in [0.15, 0.2) is 0 Å². The van der Waals surface area contributed by atoms with E-state index in [9.17, 15) is 0 Å². The minimum Gasteiger partial charge on any atom is -0.315 e. The van der Waals surface area contributed by atoms with E-state index in [0.717, 1.165) is 0 Å². The Bertz CT molecular complexity index is 102. The van der Waals surface area contributed by atoms with Crippen molar-refractivity contribution in [2.24, 2.45) is 0 Å². The number of rotatable bonds is 1. The van der Waals surface area contributed by atoms with E-state index in [1.807, 2.05) is 0 Å². The number of terminal acetylenes is 1. The summed E-state index contributed by atoms with van der Waals surface area (Å²) in [6, 6.07) is 2.16. The highest BCUT2D eigenvalue weighted by molar-refractivity contribution is 4.88. The van der Waals surface area contributed by atoms with Gasteiger partial charge in [-0.15, -0.1) is 5.73 Å². The summed E-state index contributed by atoms with van der Waals surface area (Å²) in [6.45, 7) is 3.26. The summed E-state index contributed by atoms with van der Waals surface area (Å²) in [7, 11) is 0. The fourth-order valence-electron chi connectivity index (χ4n) is 0.0927. The molecule has 0 spiro atoms. The van der Waals surface area contributed by atoms with Crippen molar-refractivity contribution >= 4 is 0 Å². The van der Waals surface area contributed by atoms with Gasteiger partial charge in [-0.25, -0.2) is 0 Å². The highest BCUT2D eigenvalue weighted by Gasteiger charge is 1.47. The highest BCUT2D eigenvalue weighted by atomic mass is 14.8. The topological polar surface area (TPSA) is 12.0 Å². The fraction of sp³-hybridized carbons (Fsp3) is 0. The molecule has 0 saturated carbocycles. The lowest BCUT2D eigenvalue weighted by Crippen LogP contribution is -1.87. The second-order valence-corrected chi connectivity index (χ2v) is 0.637. The van der Waals surface area contributed by atoms with E-state index < -0.39 is 0 Å². The lowest BCUT2D eigenvalue weighted by atomic mass is 10.8. The second kappa shape index (κ2) is 3.88. The molecule has 0 aliphatic heterocycles. The van der Waals surface area contributed by atoms with Crippen molar-refractivity contribution in [3.05, 3.63) is 18.5 Å². The van der Waals surface area contributed by atoms with Gasteiger partial charge in [0.2, 0.25) is 0 Å². The van der Waals surface area contributed by atoms with Crippen LogP contribution in [0.2, 0.25) is 0 Å². The van der Waals surface area contributed by atoms with Gasteiger partial charge < -0.3 is 5.32 Å². The van der Waals surface area contributed by atoms with Gasteiger partial charge in [-0.3, -0.25) is 0 Å². The zero-order chi connectivity index (χ0) is 4.83. The van der Waals surface area contributed by atoms with E-state index in [2.05, 4.69) is 23.7 Å². The molecule has 0 aliphatic carbocycles. The normalized spacial score (nSPS) is 4.50. The highest BCUT2D eigenvalue weighted by Crippen LogP contribution is 1.45. The van der Waals surface area contributed by atoms with Crippen LogP contribution in [0, 0.1) is 12.5 Å². The monoisotopic (exact) mass is 79.0 g/mol. The van der Waals surface area contributed by atoms with Crippen LogP contribution in [0.1, 0.15) is 0 Å². The Morgan fingerprint density at radius 3 is 2.67 bits per heavy atom. The van der Waals surface area contributed by atoms with Crippen molar-refractivity contribution in [3.63, 3.8) is 0 Å². The predicted molar refractivity (Wildman–Crippen MR) is 25.7 cm³/mol. The van der Waals surface area contributed by atoms with Crippen LogP contribution in [-0.2, 0) is 0 Å². The number of nitrogens with one attached hydrogen (secondary N) is 1. The second-order valence-electron chi connectivity index (χ2n) is 0.637. The molecule has 0 heterocycles. The average Bonchev–Trinajstić information content (AvgIpc) is 1.61. The Morgan fingerprint density at radius 1 is 1.83 bits per heavy atom. The molecule has 0 saturated heterocycles. The van der Waals surface area contributed by atoms with Crippen molar-refractivity contribution in [1.82, 2.24) is 5.32 Å². The summed E-state index contributed by atoms with van der Waals surface area (Å²) in [4.78, 5) is 0. The predicted octanol–water partition coefficient (Wildman–Crippen LogP) is 0.465. The van der Waals surface area contributed by atoms with E-state index in [0.29, 0.717) is 0 Å². The van der Waals surface area contributed by atoms with E-state index in [-0.39, 0.29) is 0 Å². The lowest BCUT2D eigenvalue weighted by molar-refractivity contribution is 1.27. The average molecular weight is 79.1 g/mol. The molecule has 1 nitrogen and oxygen atoms in total. The molecule has 0 atom stereocenters. The minimum atomic E-state index is 1.46. The Morgan fingerprint density at radius 2 is 2.50 bits per heavy atom. The first-order chi connectivity index (χ1) is 2.91. The Labute approximate surface area is 37.4 Å². The van der Waals surface area contributed by atoms with Crippen LogP contribution >= 0.6 is 0 Å². The van der Waals surface area contributed by atoms with E-state index in [4.69, 9.17) is 6.42 Å². The molecule has 0 aliphatic rings. The zero-order valence-electron chi connectivity index (χ0n) is 3.36. The van der Waals surface area contributed by atoms with Crippen LogP contribution in [0.5, 0.6) is 0 Å². The van der Waals surface area contributed by atoms with Gasteiger partial charge in [0.25, 0.3) is 0 Å². The quantitative estimate of drug-likeness (QED) is 0.273. The first kappa shape index (κ1) is 4.88. The van der Waals surface area contributed by atoms with Crippen LogP contribution < -0.4 is 5.32 Å². The summed E-state index contributed by atoms with van der Waals surface area (Å²) >= 11 is 0. The van der Waals surface area contributed by atoms with Gasteiger partial charge in [0, 0.05) is 6.04 Å². The van der Waals surface area contributed by atoms with Crippen LogP contribution in [0.25, 0.3) is 0 Å². The van der Waals surface area contributed by atoms with Crippen molar-refractivity contribution < 1.29 is 0 Å². The Balaban J connectivity index is 3.16. The maximum Gasteiger partial charge on any atom is 0.0509 e. The third-order valence-corrected chi connectivity index (χ3v) is 0.258. The summed E-state index contributed by atoms with van der Waals surface area (Å²) in [5, 5.41) is 2.43. The maximum absolute atomic E-state index is 4.75. The summed E-state index contributed by atoms with van der Waals surface area (Å²) < 4.78 is 0. The minimum absolute atomic E-state index is 1.46. The SMILES string of the molecule is C#CNC=C=C. The molecule has 0 rings (SSSR count). The number of hydrogen-bond donors (Lipinski definition) is 1. The van der Waals surface area contributed by atoms with E-state index >= 15 is 0 Å². The summed E-state index contributed by atoms with van der Waals surface area (Å²) in [5.74, 6) is 0. The first-order valence-corrected chi connectivity index (χ1v) is 1.47. The molecule has 0 amide bonds. The molecule has 6 heavy (non-hydrogen) atoms. The number of hydrogen-bond acceptors (Lipinski definition) is 1. The van der Waals surface area contributed by atoms with Gasteiger partial charge in [-0.05, 0) is 0 Å². The third kappa shape index (κ3) is 2.88. The van der Waals surface area contributed by atoms with Gasteiger partial charge in [-0.2, -0.15) is 0 Å². The first-order valence-electron chi connectivity index (χ1n) is 1.47. The molecule has 0 aromatic heterocycles. The zero-order valence-corrected chi connectivity index (χ0v) is 3.36. The van der Waals surface area contributed by atoms with Crippen LogP contribution in [0.4, 0.5) is 0 Å². The maximum atomic E-state index is 4.75. The largest absolute Gasteiger partial charge is 0.315 e.